The zero-order valence-corrected chi connectivity index (χ0v) is 33.5. The Labute approximate surface area is 325 Å². The van der Waals surface area contributed by atoms with E-state index in [2.05, 4.69) is 60.5 Å². The zero-order chi connectivity index (χ0) is 38.7. The maximum Gasteiger partial charge on any atom is 0.264 e. The summed E-state index contributed by atoms with van der Waals surface area (Å²) in [5, 5.41) is 0. The smallest absolute Gasteiger partial charge is 0.264 e. The van der Waals surface area contributed by atoms with Crippen LogP contribution in [0.2, 0.25) is 0 Å². The van der Waals surface area contributed by atoms with E-state index in [1.807, 2.05) is 6.92 Å². The van der Waals surface area contributed by atoms with Crippen molar-refractivity contribution in [2.45, 2.75) is 97.0 Å². The highest BCUT2D eigenvalue weighted by Gasteiger charge is 2.33. The van der Waals surface area contributed by atoms with Gasteiger partial charge in [0.2, 0.25) is 11.8 Å². The molecule has 1 aliphatic carbocycles. The normalized spacial score (nSPS) is 19.4. The van der Waals surface area contributed by atoms with E-state index in [1.165, 1.54) is 49.8 Å². The van der Waals surface area contributed by atoms with Crippen molar-refractivity contribution in [1.29, 1.82) is 0 Å². The summed E-state index contributed by atoms with van der Waals surface area (Å²) in [6.07, 6.45) is 11.2. The average Bonchev–Trinajstić information content (AvgIpc) is 3.17. The minimum absolute atomic E-state index is 0.0712. The molecule has 4 bridgehead atoms. The molecule has 4 heterocycles. The molecule has 0 radical (unpaired) electrons. The molecule has 55 heavy (non-hydrogen) atoms. The lowest BCUT2D eigenvalue weighted by Crippen LogP contribution is -2.45. The molecule has 1 saturated carbocycles. The van der Waals surface area contributed by atoms with E-state index in [-0.39, 0.29) is 46.8 Å². The van der Waals surface area contributed by atoms with Gasteiger partial charge in [-0.3, -0.25) is 4.79 Å². The Bertz CT molecular complexity index is 2110. The summed E-state index contributed by atoms with van der Waals surface area (Å²) in [5.74, 6) is 0.874. The van der Waals surface area contributed by atoms with E-state index in [4.69, 9.17) is 24.4 Å². The topological polar surface area (TPSA) is 140 Å². The Morgan fingerprint density at radius 1 is 0.945 bits per heavy atom. The molecule has 7 rings (SSSR count). The molecule has 292 valence electrons. The molecular weight excluding hydrogens is 715 g/mol. The quantitative estimate of drug-likeness (QED) is 0.206. The van der Waals surface area contributed by atoms with Crippen LogP contribution in [0.25, 0.3) is 11.3 Å². The number of hydrogen-bond acceptors (Lipinski definition) is 10. The summed E-state index contributed by atoms with van der Waals surface area (Å²) in [4.78, 5) is 37.4. The number of nitrogens with zero attached hydrogens (tertiary/aromatic N) is 6. The summed E-state index contributed by atoms with van der Waals surface area (Å²) in [6, 6.07) is 12.0. The van der Waals surface area contributed by atoms with Crippen LogP contribution < -0.4 is 14.4 Å². The molecule has 0 spiro atoms. The molecule has 2 aliphatic heterocycles. The summed E-state index contributed by atoms with van der Waals surface area (Å²) >= 11 is 0. The number of carbonyl (C=O) groups is 1. The fraction of sp³-hybridized carbons (Fsp3) is 0.500. The van der Waals surface area contributed by atoms with Crippen molar-refractivity contribution in [2.75, 3.05) is 42.5 Å². The number of benzene rings is 2. The number of sulfonamides is 1. The number of fused-ring (bicyclic) bond motifs is 4. The largest absolute Gasteiger partial charge is 0.475 e. The molecular formula is C42H53N7O5S. The number of anilines is 2. The molecule has 2 aromatic heterocycles. The van der Waals surface area contributed by atoms with E-state index >= 15 is 0 Å². The molecule has 2 aromatic carbocycles. The molecule has 12 nitrogen and oxygen atoms in total. The summed E-state index contributed by atoms with van der Waals surface area (Å²) in [5.41, 5.74) is 5.44. The van der Waals surface area contributed by atoms with Crippen LogP contribution in [0.4, 0.5) is 11.6 Å². The minimum atomic E-state index is -4.21. The van der Waals surface area contributed by atoms with Gasteiger partial charge in [0.05, 0.1) is 54.5 Å². The average molecular weight is 768 g/mol. The third-order valence-corrected chi connectivity index (χ3v) is 12.2. The van der Waals surface area contributed by atoms with E-state index in [0.717, 1.165) is 36.3 Å². The van der Waals surface area contributed by atoms with Crippen molar-refractivity contribution in [2.24, 2.45) is 11.3 Å². The first-order chi connectivity index (χ1) is 26.3. The fourth-order valence-electron chi connectivity index (χ4n) is 8.08. The Kier molecular flexibility index (Phi) is 11.4. The van der Waals surface area contributed by atoms with Crippen molar-refractivity contribution >= 4 is 27.6 Å². The molecule has 1 atom stereocenters. The number of morpholine rings is 1. The number of amides is 1. The van der Waals surface area contributed by atoms with Gasteiger partial charge in [0.25, 0.3) is 15.9 Å². The minimum Gasteiger partial charge on any atom is -0.475 e. The van der Waals surface area contributed by atoms with Crippen LogP contribution in [0.5, 0.6) is 5.88 Å². The first-order valence-corrected chi connectivity index (χ1v) is 21.0. The third kappa shape index (κ3) is 9.10. The van der Waals surface area contributed by atoms with Gasteiger partial charge in [0.15, 0.2) is 0 Å². The first-order valence-electron chi connectivity index (χ1n) is 19.5. The molecule has 3 aliphatic rings. The molecule has 1 saturated heterocycles. The van der Waals surface area contributed by atoms with Crippen molar-refractivity contribution in [3.63, 3.8) is 0 Å². The van der Waals surface area contributed by atoms with Gasteiger partial charge in [-0.05, 0) is 67.3 Å². The maximum absolute atomic E-state index is 14.6. The van der Waals surface area contributed by atoms with Gasteiger partial charge in [-0.15, -0.1) is 0 Å². The number of aromatic nitrogens is 4. The second-order valence-corrected chi connectivity index (χ2v) is 18.1. The van der Waals surface area contributed by atoms with E-state index in [9.17, 15) is 13.2 Å². The summed E-state index contributed by atoms with van der Waals surface area (Å²) < 4.78 is 42.8. The number of nitrogens with one attached hydrogen (secondary N) is 1. The Morgan fingerprint density at radius 3 is 2.40 bits per heavy atom. The lowest BCUT2D eigenvalue weighted by molar-refractivity contribution is 0.0504. The van der Waals surface area contributed by atoms with Crippen LogP contribution in [0.15, 0.2) is 59.8 Å². The number of aryl methyl sites for hydroxylation is 1. The van der Waals surface area contributed by atoms with Crippen LogP contribution in [-0.4, -0.2) is 78.1 Å². The lowest BCUT2D eigenvalue weighted by atomic mass is 9.82. The van der Waals surface area contributed by atoms with Gasteiger partial charge in [-0.1, -0.05) is 77.1 Å². The van der Waals surface area contributed by atoms with Crippen LogP contribution in [0, 0.1) is 25.2 Å². The van der Waals surface area contributed by atoms with Gasteiger partial charge < -0.3 is 19.3 Å². The predicted molar refractivity (Wildman–Crippen MR) is 213 cm³/mol. The number of carbonyl (C=O) groups excluding carboxylic acids is 1. The Balaban J connectivity index is 1.31. The van der Waals surface area contributed by atoms with Crippen molar-refractivity contribution in [3.8, 4) is 17.1 Å². The van der Waals surface area contributed by atoms with Gasteiger partial charge in [0.1, 0.15) is 12.4 Å². The predicted octanol–water partition coefficient (Wildman–Crippen LogP) is 7.15. The molecule has 1 amide bonds. The second kappa shape index (κ2) is 16.2. The SMILES string of the molecule is Cc1cccc(CC2CCCCC2)c1-c1nc2nc(c1C)OC[C@@H](CC(C)(C)C)N(Cc1ncc(N3CCOCC3)cn1)C(=O)c1cccc(c1)S(=O)(=O)N2. The molecule has 1 N–H and O–H groups in total. The van der Waals surface area contributed by atoms with Gasteiger partial charge >= 0.3 is 0 Å². The Hall–Kier alpha value is -4.62. The first kappa shape index (κ1) is 38.6. The van der Waals surface area contributed by atoms with Crippen LogP contribution in [0.1, 0.15) is 92.2 Å². The number of rotatable bonds is 7. The molecule has 13 heteroatoms. The second-order valence-electron chi connectivity index (χ2n) is 16.4. The number of hydrogen-bond donors (Lipinski definition) is 1. The highest BCUT2D eigenvalue weighted by Crippen LogP contribution is 2.37. The maximum atomic E-state index is 14.6. The molecule has 4 aromatic rings. The van der Waals surface area contributed by atoms with Crippen LogP contribution in [-0.2, 0) is 27.7 Å². The van der Waals surface area contributed by atoms with E-state index < -0.39 is 16.1 Å². The molecule has 2 fully saturated rings. The standard InChI is InChI=1S/C42H53N7O5S/c1-28-11-9-14-31(21-30-12-7-6-8-13-30)37(28)38-29(2)39-46-41(45-38)47-55(51,52)35-16-10-15-32(22-35)40(50)49(33(27-54-39)23-42(3,4)5)26-36-43-24-34(25-44-36)48-17-19-53-20-18-48/h9-11,14-16,22,24-25,30,33H,6-8,12-13,17-21,23,26-27H2,1-5H3,(H,45,46,47)/t33-/m1/s1. The van der Waals surface area contributed by atoms with Crippen molar-refractivity contribution < 1.29 is 22.7 Å². The molecule has 0 unspecified atom stereocenters. The van der Waals surface area contributed by atoms with E-state index in [1.54, 1.807) is 29.4 Å². The highest BCUT2D eigenvalue weighted by atomic mass is 32.2. The fourth-order valence-corrected chi connectivity index (χ4v) is 9.07. The lowest BCUT2D eigenvalue weighted by Gasteiger charge is -2.35. The van der Waals surface area contributed by atoms with Crippen LogP contribution in [0.3, 0.4) is 0 Å². The zero-order valence-electron chi connectivity index (χ0n) is 32.7. The van der Waals surface area contributed by atoms with Crippen LogP contribution >= 0.6 is 0 Å². The summed E-state index contributed by atoms with van der Waals surface area (Å²) in [7, 11) is -4.21. The van der Waals surface area contributed by atoms with Gasteiger partial charge in [0, 0.05) is 29.8 Å². The Morgan fingerprint density at radius 2 is 1.67 bits per heavy atom. The highest BCUT2D eigenvalue weighted by molar-refractivity contribution is 7.92. The van der Waals surface area contributed by atoms with Crippen molar-refractivity contribution in [1.82, 2.24) is 24.8 Å². The van der Waals surface area contributed by atoms with E-state index in [0.29, 0.717) is 42.6 Å². The number of ether oxygens (including phenoxy) is 2. The van der Waals surface area contributed by atoms with Crippen molar-refractivity contribution in [3.05, 3.63) is 82.9 Å². The van der Waals surface area contributed by atoms with Gasteiger partial charge in [-0.2, -0.15) is 4.98 Å². The summed E-state index contributed by atoms with van der Waals surface area (Å²) in [6.45, 7) is 13.3. The monoisotopic (exact) mass is 767 g/mol. The van der Waals surface area contributed by atoms with Gasteiger partial charge in [-0.25, -0.2) is 28.1 Å². The third-order valence-electron chi connectivity index (χ3n) is 10.9.